The number of hydrogen-bond donors (Lipinski definition) is 1. The molecule has 2 unspecified atom stereocenters. The van der Waals surface area contributed by atoms with Crippen molar-refractivity contribution >= 4 is 0 Å². The van der Waals surface area contributed by atoms with E-state index < -0.39 is 0 Å². The topological polar surface area (TPSA) is 32.7 Å². The van der Waals surface area contributed by atoms with E-state index in [1.54, 1.807) is 0 Å². The molecule has 1 saturated heterocycles. The van der Waals surface area contributed by atoms with Crippen LogP contribution >= 0.6 is 0 Å². The molecule has 0 radical (unpaired) electrons. The summed E-state index contributed by atoms with van der Waals surface area (Å²) in [5.41, 5.74) is 0. The van der Waals surface area contributed by atoms with Crippen LogP contribution in [0.5, 0.6) is 0 Å². The molecule has 1 heterocycles. The Morgan fingerprint density at radius 3 is 2.71 bits per heavy atom. The molecule has 1 saturated carbocycles. The van der Waals surface area contributed by atoms with Crippen molar-refractivity contribution in [3.8, 4) is 0 Å². The Balaban J connectivity index is 1.83. The van der Waals surface area contributed by atoms with Gasteiger partial charge in [0.15, 0.2) is 0 Å². The molecule has 2 fully saturated rings. The van der Waals surface area contributed by atoms with Crippen LogP contribution in [0.1, 0.15) is 25.7 Å². The smallest absolute Gasteiger partial charge is 0.0594 e. The van der Waals surface area contributed by atoms with Gasteiger partial charge in [-0.05, 0) is 25.2 Å². The maximum Gasteiger partial charge on any atom is 0.0594 e. The van der Waals surface area contributed by atoms with E-state index >= 15 is 0 Å². The average molecular weight is 199 g/mol. The van der Waals surface area contributed by atoms with Crippen molar-refractivity contribution in [2.24, 2.45) is 5.92 Å². The van der Waals surface area contributed by atoms with Gasteiger partial charge in [-0.25, -0.2) is 0 Å². The summed E-state index contributed by atoms with van der Waals surface area (Å²) in [6.45, 7) is 4.33. The molecule has 2 aliphatic rings. The third-order valence-electron chi connectivity index (χ3n) is 3.58. The van der Waals surface area contributed by atoms with Gasteiger partial charge in [0.25, 0.3) is 0 Å². The van der Waals surface area contributed by atoms with Gasteiger partial charge in [-0.15, -0.1) is 0 Å². The number of rotatable bonds is 2. The van der Waals surface area contributed by atoms with Crippen molar-refractivity contribution in [1.82, 2.24) is 4.90 Å². The summed E-state index contributed by atoms with van der Waals surface area (Å²) in [4.78, 5) is 2.55. The highest BCUT2D eigenvalue weighted by molar-refractivity contribution is 4.81. The molecule has 1 N–H and O–H groups in total. The van der Waals surface area contributed by atoms with Crippen LogP contribution in [0.25, 0.3) is 0 Å². The molecular weight excluding hydrogens is 178 g/mol. The molecule has 1 aliphatic carbocycles. The molecule has 0 amide bonds. The van der Waals surface area contributed by atoms with Gasteiger partial charge in [-0.1, -0.05) is 6.42 Å². The van der Waals surface area contributed by atoms with Gasteiger partial charge in [-0.3, -0.25) is 4.90 Å². The fourth-order valence-corrected chi connectivity index (χ4v) is 2.70. The molecule has 3 nitrogen and oxygen atoms in total. The lowest BCUT2D eigenvalue weighted by atomic mass is 9.85. The Bertz CT molecular complexity index is 169. The molecule has 82 valence electrons. The van der Waals surface area contributed by atoms with Crippen LogP contribution in [-0.2, 0) is 4.74 Å². The standard InChI is InChI=1S/C11H21NO2/c13-9-10-2-1-3-11(8-10)12-4-6-14-7-5-12/h10-11,13H,1-9H2. The van der Waals surface area contributed by atoms with Gasteiger partial charge in [0.2, 0.25) is 0 Å². The van der Waals surface area contributed by atoms with Gasteiger partial charge < -0.3 is 9.84 Å². The monoisotopic (exact) mass is 199 g/mol. The molecule has 2 atom stereocenters. The zero-order chi connectivity index (χ0) is 9.80. The van der Waals surface area contributed by atoms with E-state index in [2.05, 4.69) is 4.90 Å². The first-order valence-corrected chi connectivity index (χ1v) is 5.83. The summed E-state index contributed by atoms with van der Waals surface area (Å²) < 4.78 is 5.35. The minimum atomic E-state index is 0.376. The van der Waals surface area contributed by atoms with Crippen LogP contribution < -0.4 is 0 Å². The summed E-state index contributed by atoms with van der Waals surface area (Å²) in [6.07, 6.45) is 5.01. The number of nitrogens with zero attached hydrogens (tertiary/aromatic N) is 1. The van der Waals surface area contributed by atoms with Crippen molar-refractivity contribution in [2.45, 2.75) is 31.7 Å². The Morgan fingerprint density at radius 1 is 1.21 bits per heavy atom. The summed E-state index contributed by atoms with van der Waals surface area (Å²) in [6, 6.07) is 0.713. The zero-order valence-electron chi connectivity index (χ0n) is 8.82. The van der Waals surface area contributed by atoms with Crippen LogP contribution in [0.4, 0.5) is 0 Å². The lowest BCUT2D eigenvalue weighted by Crippen LogP contribution is -2.45. The summed E-state index contributed by atoms with van der Waals surface area (Å²) in [5.74, 6) is 0.552. The number of morpholine rings is 1. The fourth-order valence-electron chi connectivity index (χ4n) is 2.70. The fraction of sp³-hybridized carbons (Fsp3) is 1.00. The maximum atomic E-state index is 9.16. The Morgan fingerprint density at radius 2 is 2.00 bits per heavy atom. The molecule has 0 bridgehead atoms. The Hall–Kier alpha value is -0.120. The van der Waals surface area contributed by atoms with E-state index in [1.165, 1.54) is 25.7 Å². The van der Waals surface area contributed by atoms with Gasteiger partial charge in [0, 0.05) is 25.7 Å². The summed E-state index contributed by atoms with van der Waals surface area (Å²) in [7, 11) is 0. The maximum absolute atomic E-state index is 9.16. The second-order valence-electron chi connectivity index (χ2n) is 4.52. The Labute approximate surface area is 86.0 Å². The SMILES string of the molecule is OCC1CCCC(N2CCOCC2)C1. The first-order valence-electron chi connectivity index (χ1n) is 5.83. The zero-order valence-corrected chi connectivity index (χ0v) is 8.82. The van der Waals surface area contributed by atoms with Crippen molar-refractivity contribution in [2.75, 3.05) is 32.9 Å². The third-order valence-corrected chi connectivity index (χ3v) is 3.58. The highest BCUT2D eigenvalue weighted by atomic mass is 16.5. The van der Waals surface area contributed by atoms with Gasteiger partial charge in [0.05, 0.1) is 13.2 Å². The Kier molecular flexibility index (Phi) is 3.79. The molecule has 2 rings (SSSR count). The lowest BCUT2D eigenvalue weighted by Gasteiger charge is -2.38. The molecule has 0 aromatic carbocycles. The number of aliphatic hydroxyl groups excluding tert-OH is 1. The van der Waals surface area contributed by atoms with Crippen molar-refractivity contribution in [3.63, 3.8) is 0 Å². The van der Waals surface area contributed by atoms with Crippen molar-refractivity contribution in [3.05, 3.63) is 0 Å². The second kappa shape index (κ2) is 5.10. The molecule has 0 aromatic heterocycles. The van der Waals surface area contributed by atoms with E-state index in [0.29, 0.717) is 18.6 Å². The van der Waals surface area contributed by atoms with Crippen LogP contribution in [0.2, 0.25) is 0 Å². The van der Waals surface area contributed by atoms with E-state index in [-0.39, 0.29) is 0 Å². The van der Waals surface area contributed by atoms with E-state index in [9.17, 15) is 0 Å². The first kappa shape index (κ1) is 10.4. The molecule has 14 heavy (non-hydrogen) atoms. The predicted molar refractivity (Wildman–Crippen MR) is 55.2 cm³/mol. The first-order chi connectivity index (χ1) is 6.90. The van der Waals surface area contributed by atoms with Crippen LogP contribution in [0.15, 0.2) is 0 Å². The summed E-state index contributed by atoms with van der Waals surface area (Å²) in [5, 5.41) is 9.16. The highest BCUT2D eigenvalue weighted by Crippen LogP contribution is 2.27. The van der Waals surface area contributed by atoms with Crippen molar-refractivity contribution < 1.29 is 9.84 Å². The van der Waals surface area contributed by atoms with Crippen LogP contribution in [0.3, 0.4) is 0 Å². The normalized spacial score (nSPS) is 35.8. The summed E-state index contributed by atoms with van der Waals surface area (Å²) >= 11 is 0. The molecule has 0 spiro atoms. The van der Waals surface area contributed by atoms with E-state index in [0.717, 1.165) is 26.3 Å². The van der Waals surface area contributed by atoms with Crippen LogP contribution in [-0.4, -0.2) is 49.0 Å². The third kappa shape index (κ3) is 2.47. The second-order valence-corrected chi connectivity index (χ2v) is 4.52. The minimum Gasteiger partial charge on any atom is -0.396 e. The molecule has 0 aromatic rings. The van der Waals surface area contributed by atoms with Gasteiger partial charge >= 0.3 is 0 Å². The largest absolute Gasteiger partial charge is 0.396 e. The molecule has 3 heteroatoms. The lowest BCUT2D eigenvalue weighted by molar-refractivity contribution is -0.000747. The average Bonchev–Trinajstić information content (AvgIpc) is 2.30. The number of aliphatic hydroxyl groups is 1. The quantitative estimate of drug-likeness (QED) is 0.716. The van der Waals surface area contributed by atoms with Crippen LogP contribution in [0, 0.1) is 5.92 Å². The van der Waals surface area contributed by atoms with E-state index in [1.807, 2.05) is 0 Å². The molecule has 1 aliphatic heterocycles. The predicted octanol–water partition coefficient (Wildman–Crippen LogP) is 0.870. The molecular formula is C11H21NO2. The van der Waals surface area contributed by atoms with Gasteiger partial charge in [-0.2, -0.15) is 0 Å². The van der Waals surface area contributed by atoms with Gasteiger partial charge in [0.1, 0.15) is 0 Å². The highest BCUT2D eigenvalue weighted by Gasteiger charge is 2.27. The van der Waals surface area contributed by atoms with E-state index in [4.69, 9.17) is 9.84 Å². The number of hydrogen-bond acceptors (Lipinski definition) is 3. The minimum absolute atomic E-state index is 0.376. The number of ether oxygens (including phenoxy) is 1. The van der Waals surface area contributed by atoms with Crippen molar-refractivity contribution in [1.29, 1.82) is 0 Å².